The monoisotopic (exact) mass is 324 g/mol. The minimum Gasteiger partial charge on any atom is -0.480 e. The van der Waals surface area contributed by atoms with Crippen LogP contribution in [0.5, 0.6) is 0 Å². The molecule has 1 aliphatic heterocycles. The molecule has 124 valence electrons. The van der Waals surface area contributed by atoms with E-state index in [9.17, 15) is 18.8 Å². The number of benzene rings is 1. The molecule has 1 saturated heterocycles. The summed E-state index contributed by atoms with van der Waals surface area (Å²) < 4.78 is 18.2. The maximum atomic E-state index is 13.3. The number of likely N-dealkylation sites (tertiary alicyclic amines) is 1. The van der Waals surface area contributed by atoms with Crippen molar-refractivity contribution in [1.82, 2.24) is 10.2 Å². The fourth-order valence-corrected chi connectivity index (χ4v) is 2.32. The van der Waals surface area contributed by atoms with E-state index in [1.165, 1.54) is 0 Å². The largest absolute Gasteiger partial charge is 0.480 e. The van der Waals surface area contributed by atoms with Crippen LogP contribution in [0.2, 0.25) is 0 Å². The first-order chi connectivity index (χ1) is 11.0. The molecular formula is C15H17FN2O5. The average molecular weight is 324 g/mol. The van der Waals surface area contributed by atoms with Crippen LogP contribution in [0.4, 0.5) is 9.18 Å². The Kier molecular flexibility index (Phi) is 5.51. The predicted octanol–water partition coefficient (Wildman–Crippen LogP) is 0.936. The van der Waals surface area contributed by atoms with Crippen molar-refractivity contribution in [2.45, 2.75) is 25.2 Å². The second kappa shape index (κ2) is 7.57. The van der Waals surface area contributed by atoms with Crippen molar-refractivity contribution < 1.29 is 28.6 Å². The normalized spacial score (nSPS) is 20.1. The highest BCUT2D eigenvalue weighted by molar-refractivity contribution is 5.87. The molecule has 1 aromatic rings. The molecule has 2 atom stereocenters. The van der Waals surface area contributed by atoms with Crippen molar-refractivity contribution in [3.05, 3.63) is 35.9 Å². The maximum Gasteiger partial charge on any atom is 0.407 e. The molecule has 0 spiro atoms. The number of ether oxygens (including phenoxy) is 1. The zero-order chi connectivity index (χ0) is 16.8. The highest BCUT2D eigenvalue weighted by Gasteiger charge is 2.39. The summed E-state index contributed by atoms with van der Waals surface area (Å²) in [5.41, 5.74) is 0.791. The minimum absolute atomic E-state index is 0.0505. The lowest BCUT2D eigenvalue weighted by Crippen LogP contribution is -2.45. The summed E-state index contributed by atoms with van der Waals surface area (Å²) in [4.78, 5) is 35.3. The maximum absolute atomic E-state index is 13.3. The number of nitrogens with zero attached hydrogens (tertiary/aromatic N) is 1. The molecule has 0 aromatic heterocycles. The summed E-state index contributed by atoms with van der Waals surface area (Å²) in [6, 6.07) is 7.79. The Balaban J connectivity index is 1.77. The van der Waals surface area contributed by atoms with Gasteiger partial charge in [0, 0.05) is 6.42 Å². The van der Waals surface area contributed by atoms with Crippen molar-refractivity contribution >= 4 is 18.0 Å². The summed E-state index contributed by atoms with van der Waals surface area (Å²) in [6.45, 7) is -0.671. The highest BCUT2D eigenvalue weighted by Crippen LogP contribution is 2.20. The smallest absolute Gasteiger partial charge is 0.407 e. The number of aliphatic carboxylic acids is 1. The third-order valence-corrected chi connectivity index (χ3v) is 3.45. The molecule has 23 heavy (non-hydrogen) atoms. The predicted molar refractivity (Wildman–Crippen MR) is 77.3 cm³/mol. The second-order valence-electron chi connectivity index (χ2n) is 5.15. The number of hydrogen-bond acceptors (Lipinski definition) is 4. The van der Waals surface area contributed by atoms with Gasteiger partial charge in [-0.15, -0.1) is 0 Å². The van der Waals surface area contributed by atoms with E-state index in [0.29, 0.717) is 0 Å². The first-order valence-electron chi connectivity index (χ1n) is 7.08. The van der Waals surface area contributed by atoms with Crippen LogP contribution in [0.1, 0.15) is 12.0 Å². The van der Waals surface area contributed by atoms with Crippen molar-refractivity contribution in [1.29, 1.82) is 0 Å². The third-order valence-electron chi connectivity index (χ3n) is 3.45. The number of alkyl halides is 1. The number of carboxylic acids is 1. The van der Waals surface area contributed by atoms with E-state index in [1.807, 2.05) is 6.07 Å². The standard InChI is InChI=1S/C15H17FN2O5/c16-11-6-12(14(20)21)18(8-11)13(19)7-17-15(22)23-9-10-4-2-1-3-5-10/h1-5,11-12H,6-9H2,(H,17,22)(H,20,21)/t11-,12+/m1/s1. The van der Waals surface area contributed by atoms with Gasteiger partial charge in [-0.25, -0.2) is 14.0 Å². The van der Waals surface area contributed by atoms with Gasteiger partial charge in [0.15, 0.2) is 0 Å². The van der Waals surface area contributed by atoms with Crippen molar-refractivity contribution in [3.8, 4) is 0 Å². The van der Waals surface area contributed by atoms with Crippen LogP contribution in [-0.2, 0) is 20.9 Å². The number of alkyl carbamates (subject to hydrolysis) is 1. The van der Waals surface area contributed by atoms with Crippen molar-refractivity contribution in [3.63, 3.8) is 0 Å². The van der Waals surface area contributed by atoms with Gasteiger partial charge in [-0.3, -0.25) is 4.79 Å². The van der Waals surface area contributed by atoms with Gasteiger partial charge in [0.25, 0.3) is 0 Å². The lowest BCUT2D eigenvalue weighted by molar-refractivity contribution is -0.147. The molecular weight excluding hydrogens is 307 g/mol. The summed E-state index contributed by atoms with van der Waals surface area (Å²) in [6.07, 6.45) is -2.41. The van der Waals surface area contributed by atoms with E-state index in [4.69, 9.17) is 9.84 Å². The lowest BCUT2D eigenvalue weighted by atomic mass is 10.2. The van der Waals surface area contributed by atoms with Gasteiger partial charge >= 0.3 is 12.1 Å². The number of rotatable bonds is 5. The fraction of sp³-hybridized carbons (Fsp3) is 0.400. The van der Waals surface area contributed by atoms with Gasteiger partial charge in [0.05, 0.1) is 6.54 Å². The molecule has 2 N–H and O–H groups in total. The van der Waals surface area contributed by atoms with Crippen LogP contribution < -0.4 is 5.32 Å². The van der Waals surface area contributed by atoms with Gasteiger partial charge in [0.1, 0.15) is 25.4 Å². The molecule has 0 radical (unpaired) electrons. The topological polar surface area (TPSA) is 95.9 Å². The zero-order valence-corrected chi connectivity index (χ0v) is 12.3. The Morgan fingerprint density at radius 3 is 2.65 bits per heavy atom. The molecule has 1 aromatic carbocycles. The Labute approximate surface area is 132 Å². The van der Waals surface area contributed by atoms with Crippen LogP contribution in [0, 0.1) is 0 Å². The van der Waals surface area contributed by atoms with Crippen molar-refractivity contribution in [2.24, 2.45) is 0 Å². The zero-order valence-electron chi connectivity index (χ0n) is 12.3. The molecule has 8 heteroatoms. The van der Waals surface area contributed by atoms with E-state index < -0.39 is 36.7 Å². The van der Waals surface area contributed by atoms with Gasteiger partial charge in [-0.1, -0.05) is 30.3 Å². The molecule has 2 amide bonds. The van der Waals surface area contributed by atoms with Crippen LogP contribution in [0.3, 0.4) is 0 Å². The molecule has 7 nitrogen and oxygen atoms in total. The van der Waals surface area contributed by atoms with Crippen LogP contribution >= 0.6 is 0 Å². The number of hydrogen-bond donors (Lipinski definition) is 2. The van der Waals surface area contributed by atoms with E-state index in [2.05, 4.69) is 5.32 Å². The van der Waals surface area contributed by atoms with E-state index in [0.717, 1.165) is 10.5 Å². The van der Waals surface area contributed by atoms with E-state index >= 15 is 0 Å². The molecule has 1 fully saturated rings. The van der Waals surface area contributed by atoms with Crippen LogP contribution in [0.15, 0.2) is 30.3 Å². The Hall–Kier alpha value is -2.64. The molecule has 0 bridgehead atoms. The quantitative estimate of drug-likeness (QED) is 0.840. The number of halogens is 1. The molecule has 0 unspecified atom stereocenters. The van der Waals surface area contributed by atoms with Crippen LogP contribution in [0.25, 0.3) is 0 Å². The average Bonchev–Trinajstić information content (AvgIpc) is 2.94. The minimum atomic E-state index is -1.37. The Morgan fingerprint density at radius 2 is 2.00 bits per heavy atom. The number of carbonyl (C=O) groups excluding carboxylic acids is 2. The first kappa shape index (κ1) is 16.7. The van der Waals surface area contributed by atoms with E-state index in [-0.39, 0.29) is 19.6 Å². The van der Waals surface area contributed by atoms with Crippen molar-refractivity contribution in [2.75, 3.05) is 13.1 Å². The number of carbonyl (C=O) groups is 3. The lowest BCUT2D eigenvalue weighted by Gasteiger charge is -2.21. The highest BCUT2D eigenvalue weighted by atomic mass is 19.1. The molecule has 1 aliphatic rings. The van der Waals surface area contributed by atoms with Gasteiger partial charge in [-0.05, 0) is 5.56 Å². The summed E-state index contributed by atoms with van der Waals surface area (Å²) >= 11 is 0. The van der Waals surface area contributed by atoms with Crippen LogP contribution in [-0.4, -0.2) is 53.3 Å². The summed E-state index contributed by atoms with van der Waals surface area (Å²) in [5.74, 6) is -1.92. The van der Waals surface area contributed by atoms with E-state index in [1.54, 1.807) is 24.3 Å². The number of nitrogens with one attached hydrogen (secondary N) is 1. The number of carboxylic acid groups (broad SMARTS) is 1. The fourth-order valence-electron chi connectivity index (χ4n) is 2.32. The molecule has 1 heterocycles. The Morgan fingerprint density at radius 1 is 1.30 bits per heavy atom. The van der Waals surface area contributed by atoms with Gasteiger partial charge in [-0.2, -0.15) is 0 Å². The molecule has 0 aliphatic carbocycles. The third kappa shape index (κ3) is 4.67. The van der Waals surface area contributed by atoms with Gasteiger partial charge in [0.2, 0.25) is 5.91 Å². The summed E-state index contributed by atoms with van der Waals surface area (Å²) in [5, 5.41) is 11.2. The SMILES string of the molecule is O=C(NCC(=O)N1C[C@H](F)C[C@H]1C(=O)O)OCc1ccccc1. The first-order valence-corrected chi connectivity index (χ1v) is 7.08. The Bertz CT molecular complexity index is 580. The second-order valence-corrected chi connectivity index (χ2v) is 5.15. The number of amides is 2. The molecule has 0 saturated carbocycles. The summed E-state index contributed by atoms with van der Waals surface area (Å²) in [7, 11) is 0. The molecule has 2 rings (SSSR count). The van der Waals surface area contributed by atoms with Gasteiger partial charge < -0.3 is 20.1 Å².